The van der Waals surface area contributed by atoms with E-state index in [4.69, 9.17) is 0 Å². The van der Waals surface area contributed by atoms with Crippen molar-refractivity contribution in [1.29, 1.82) is 0 Å². The molecule has 1 aliphatic rings. The molecule has 3 nitrogen and oxygen atoms in total. The SMILES string of the molecule is O=C(Nc1cc(F)cc(F)c1)NC1CCCCC1. The molecule has 98 valence electrons. The van der Waals surface area contributed by atoms with Crippen LogP contribution in [0.4, 0.5) is 19.3 Å². The standard InChI is InChI=1S/C13H16F2N2O/c14-9-6-10(15)8-12(7-9)17-13(18)16-11-4-2-1-3-5-11/h6-8,11H,1-5H2,(H2,16,17,18). The first kappa shape index (κ1) is 12.8. The molecule has 0 aromatic heterocycles. The van der Waals surface area contributed by atoms with Gasteiger partial charge in [0.25, 0.3) is 0 Å². The number of rotatable bonds is 2. The van der Waals surface area contributed by atoms with Crippen LogP contribution in [0.2, 0.25) is 0 Å². The molecule has 18 heavy (non-hydrogen) atoms. The summed E-state index contributed by atoms with van der Waals surface area (Å²) in [5.41, 5.74) is 0.126. The van der Waals surface area contributed by atoms with E-state index >= 15 is 0 Å². The molecule has 2 amide bonds. The highest BCUT2D eigenvalue weighted by molar-refractivity contribution is 5.89. The monoisotopic (exact) mass is 254 g/mol. The minimum atomic E-state index is -0.706. The molecular formula is C13H16F2N2O. The van der Waals surface area contributed by atoms with Gasteiger partial charge in [0.15, 0.2) is 0 Å². The second-order valence-corrected chi connectivity index (χ2v) is 4.59. The predicted octanol–water partition coefficient (Wildman–Crippen LogP) is 3.42. The molecule has 0 spiro atoms. The third-order valence-electron chi connectivity index (χ3n) is 3.06. The third kappa shape index (κ3) is 3.68. The number of halogens is 2. The Labute approximate surface area is 105 Å². The number of anilines is 1. The number of urea groups is 1. The zero-order valence-corrected chi connectivity index (χ0v) is 10.0. The smallest absolute Gasteiger partial charge is 0.319 e. The van der Waals surface area contributed by atoms with Crippen molar-refractivity contribution in [2.75, 3.05) is 5.32 Å². The minimum absolute atomic E-state index is 0.126. The summed E-state index contributed by atoms with van der Waals surface area (Å²) in [6, 6.07) is 2.70. The van der Waals surface area contributed by atoms with Crippen molar-refractivity contribution in [3.05, 3.63) is 29.8 Å². The molecule has 1 aromatic rings. The number of hydrogen-bond donors (Lipinski definition) is 2. The Hall–Kier alpha value is -1.65. The van der Waals surface area contributed by atoms with Gasteiger partial charge in [-0.25, -0.2) is 13.6 Å². The van der Waals surface area contributed by atoms with Crippen LogP contribution >= 0.6 is 0 Å². The number of nitrogens with one attached hydrogen (secondary N) is 2. The summed E-state index contributed by atoms with van der Waals surface area (Å²) in [7, 11) is 0. The Balaban J connectivity index is 1.89. The van der Waals surface area contributed by atoms with Crippen LogP contribution in [0.1, 0.15) is 32.1 Å². The zero-order chi connectivity index (χ0) is 13.0. The number of carbonyl (C=O) groups is 1. The van der Waals surface area contributed by atoms with E-state index < -0.39 is 17.7 Å². The van der Waals surface area contributed by atoms with Crippen LogP contribution in [-0.2, 0) is 0 Å². The molecule has 1 aromatic carbocycles. The summed E-state index contributed by atoms with van der Waals surface area (Å²) in [5, 5.41) is 5.25. The van der Waals surface area contributed by atoms with Gasteiger partial charge in [-0.2, -0.15) is 0 Å². The molecule has 0 bridgehead atoms. The quantitative estimate of drug-likeness (QED) is 0.834. The molecule has 0 saturated heterocycles. The lowest BCUT2D eigenvalue weighted by atomic mass is 9.96. The number of hydrogen-bond acceptors (Lipinski definition) is 1. The van der Waals surface area contributed by atoms with Crippen molar-refractivity contribution >= 4 is 11.7 Å². The summed E-state index contributed by atoms with van der Waals surface area (Å²) in [5.74, 6) is -1.41. The lowest BCUT2D eigenvalue weighted by molar-refractivity contribution is 0.244. The average molecular weight is 254 g/mol. The van der Waals surface area contributed by atoms with Gasteiger partial charge in [-0.3, -0.25) is 0 Å². The lowest BCUT2D eigenvalue weighted by Gasteiger charge is -2.22. The second kappa shape index (κ2) is 5.80. The van der Waals surface area contributed by atoms with Gasteiger partial charge in [-0.1, -0.05) is 19.3 Å². The Morgan fingerprint density at radius 1 is 1.06 bits per heavy atom. The van der Waals surface area contributed by atoms with Crippen LogP contribution in [0.15, 0.2) is 18.2 Å². The fourth-order valence-electron chi connectivity index (χ4n) is 2.23. The van der Waals surface area contributed by atoms with Crippen molar-refractivity contribution < 1.29 is 13.6 Å². The summed E-state index contributed by atoms with van der Waals surface area (Å²) in [6.45, 7) is 0. The van der Waals surface area contributed by atoms with Gasteiger partial charge in [-0.15, -0.1) is 0 Å². The number of amides is 2. The highest BCUT2D eigenvalue weighted by Crippen LogP contribution is 2.18. The predicted molar refractivity (Wildman–Crippen MR) is 65.4 cm³/mol. The Kier molecular flexibility index (Phi) is 4.12. The van der Waals surface area contributed by atoms with Crippen LogP contribution < -0.4 is 10.6 Å². The van der Waals surface area contributed by atoms with Crippen LogP contribution in [0.25, 0.3) is 0 Å². The fraction of sp³-hybridized carbons (Fsp3) is 0.462. The number of carbonyl (C=O) groups excluding carboxylic acids is 1. The molecule has 0 radical (unpaired) electrons. The van der Waals surface area contributed by atoms with E-state index in [1.165, 1.54) is 6.42 Å². The van der Waals surface area contributed by atoms with Crippen molar-refractivity contribution in [2.45, 2.75) is 38.1 Å². The first-order valence-electron chi connectivity index (χ1n) is 6.17. The Bertz CT molecular complexity index is 411. The van der Waals surface area contributed by atoms with Gasteiger partial charge in [0.1, 0.15) is 11.6 Å². The summed E-state index contributed by atoms with van der Waals surface area (Å²) in [6.07, 6.45) is 5.35. The minimum Gasteiger partial charge on any atom is -0.335 e. The molecule has 0 aliphatic heterocycles. The normalized spacial score (nSPS) is 16.3. The van der Waals surface area contributed by atoms with Gasteiger partial charge < -0.3 is 10.6 Å². The first-order valence-corrected chi connectivity index (χ1v) is 6.17. The van der Waals surface area contributed by atoms with Crippen LogP contribution in [-0.4, -0.2) is 12.1 Å². The summed E-state index contributed by atoms with van der Waals surface area (Å²) in [4.78, 5) is 11.6. The molecular weight excluding hydrogens is 238 g/mol. The van der Waals surface area contributed by atoms with Crippen molar-refractivity contribution in [1.82, 2.24) is 5.32 Å². The zero-order valence-electron chi connectivity index (χ0n) is 10.0. The average Bonchev–Trinajstić information content (AvgIpc) is 2.28. The van der Waals surface area contributed by atoms with E-state index in [0.717, 1.165) is 43.9 Å². The summed E-state index contributed by atoms with van der Waals surface area (Å²) < 4.78 is 25.9. The summed E-state index contributed by atoms with van der Waals surface area (Å²) >= 11 is 0. The second-order valence-electron chi connectivity index (χ2n) is 4.59. The lowest BCUT2D eigenvalue weighted by Crippen LogP contribution is -2.39. The largest absolute Gasteiger partial charge is 0.335 e. The third-order valence-corrected chi connectivity index (χ3v) is 3.06. The highest BCUT2D eigenvalue weighted by atomic mass is 19.1. The van der Waals surface area contributed by atoms with Gasteiger partial charge in [0, 0.05) is 17.8 Å². The van der Waals surface area contributed by atoms with Crippen LogP contribution in [0.3, 0.4) is 0 Å². The maximum absolute atomic E-state index is 12.9. The fourth-order valence-corrected chi connectivity index (χ4v) is 2.23. The van der Waals surface area contributed by atoms with Crippen molar-refractivity contribution in [3.63, 3.8) is 0 Å². The van der Waals surface area contributed by atoms with Gasteiger partial charge in [-0.05, 0) is 25.0 Å². The Morgan fingerprint density at radius 3 is 2.28 bits per heavy atom. The Morgan fingerprint density at radius 2 is 1.67 bits per heavy atom. The maximum atomic E-state index is 12.9. The molecule has 0 heterocycles. The van der Waals surface area contributed by atoms with Gasteiger partial charge in [0.05, 0.1) is 0 Å². The number of benzene rings is 1. The molecule has 0 atom stereocenters. The van der Waals surface area contributed by atoms with E-state index in [0.29, 0.717) is 0 Å². The highest BCUT2D eigenvalue weighted by Gasteiger charge is 2.15. The van der Waals surface area contributed by atoms with E-state index in [1.54, 1.807) is 0 Å². The molecule has 1 fully saturated rings. The molecule has 1 aliphatic carbocycles. The van der Waals surface area contributed by atoms with E-state index in [9.17, 15) is 13.6 Å². The van der Waals surface area contributed by atoms with E-state index in [1.807, 2.05) is 0 Å². The van der Waals surface area contributed by atoms with Crippen molar-refractivity contribution in [3.8, 4) is 0 Å². The van der Waals surface area contributed by atoms with E-state index in [2.05, 4.69) is 10.6 Å². The molecule has 0 unspecified atom stereocenters. The first-order chi connectivity index (χ1) is 8.63. The van der Waals surface area contributed by atoms with E-state index in [-0.39, 0.29) is 11.7 Å². The molecule has 1 saturated carbocycles. The van der Waals surface area contributed by atoms with Gasteiger partial charge >= 0.3 is 6.03 Å². The molecule has 2 rings (SSSR count). The van der Waals surface area contributed by atoms with Crippen LogP contribution in [0, 0.1) is 11.6 Å². The van der Waals surface area contributed by atoms with Crippen molar-refractivity contribution in [2.24, 2.45) is 0 Å². The van der Waals surface area contributed by atoms with Crippen LogP contribution in [0.5, 0.6) is 0 Å². The molecule has 5 heteroatoms. The van der Waals surface area contributed by atoms with Gasteiger partial charge in [0.2, 0.25) is 0 Å². The topological polar surface area (TPSA) is 41.1 Å². The maximum Gasteiger partial charge on any atom is 0.319 e. The molecule has 2 N–H and O–H groups in total.